The molecule has 1 nitrogen and oxygen atoms in total. The first-order valence-electron chi connectivity index (χ1n) is 18.6. The molecule has 0 amide bonds. The highest BCUT2D eigenvalue weighted by Gasteiger charge is 2.46. The fraction of sp³-hybridized carbons (Fsp3) is 0.0769. The zero-order chi connectivity index (χ0) is 35.6. The van der Waals surface area contributed by atoms with Crippen molar-refractivity contribution < 1.29 is 0 Å². The quantitative estimate of drug-likeness (QED) is 0.169. The normalized spacial score (nSPS) is 14.2. The van der Waals surface area contributed by atoms with E-state index in [9.17, 15) is 0 Å². The lowest BCUT2D eigenvalue weighted by molar-refractivity contribution is 0.660. The molecule has 0 aliphatic heterocycles. The maximum Gasteiger partial charge on any atom is 0.0713 e. The lowest BCUT2D eigenvalue weighted by Crippen LogP contribution is -2.28. The van der Waals surface area contributed by atoms with E-state index in [1.807, 2.05) is 0 Å². The zero-order valence-electron chi connectivity index (χ0n) is 30.0. The first-order chi connectivity index (χ1) is 26.0. The maximum absolute atomic E-state index is 2.47. The van der Waals surface area contributed by atoms with Crippen LogP contribution < -0.4 is 4.90 Å². The number of hydrogen-bond donors (Lipinski definition) is 0. The van der Waals surface area contributed by atoms with Crippen LogP contribution in [0.25, 0.3) is 33.4 Å². The maximum atomic E-state index is 2.47. The summed E-state index contributed by atoms with van der Waals surface area (Å²) < 4.78 is 0. The molecule has 8 aromatic rings. The van der Waals surface area contributed by atoms with Crippen molar-refractivity contribution in [2.45, 2.75) is 24.7 Å². The predicted molar refractivity (Wildman–Crippen MR) is 221 cm³/mol. The van der Waals surface area contributed by atoms with Gasteiger partial charge in [0.1, 0.15) is 0 Å². The molecule has 2 aliphatic rings. The van der Waals surface area contributed by atoms with Crippen molar-refractivity contribution in [2.75, 3.05) is 4.90 Å². The summed E-state index contributed by atoms with van der Waals surface area (Å²) in [6, 6.07) is 73.8. The predicted octanol–water partition coefficient (Wildman–Crippen LogP) is 13.5. The van der Waals surface area contributed by atoms with E-state index in [0.29, 0.717) is 0 Å². The Morgan fingerprint density at radius 3 is 1.38 bits per heavy atom. The van der Waals surface area contributed by atoms with E-state index in [1.165, 1.54) is 66.8 Å². The van der Waals surface area contributed by atoms with Crippen molar-refractivity contribution in [1.29, 1.82) is 0 Å². The highest BCUT2D eigenvalue weighted by atomic mass is 15.1. The third kappa shape index (κ3) is 4.70. The lowest BCUT2D eigenvalue weighted by Gasteiger charge is -2.34. The number of hydrogen-bond acceptors (Lipinski definition) is 1. The van der Waals surface area contributed by atoms with Crippen molar-refractivity contribution in [3.63, 3.8) is 0 Å². The van der Waals surface area contributed by atoms with Crippen LogP contribution in [0.1, 0.15) is 47.2 Å². The van der Waals surface area contributed by atoms with E-state index in [0.717, 1.165) is 17.1 Å². The van der Waals surface area contributed by atoms with Crippen molar-refractivity contribution in [3.8, 4) is 33.4 Å². The van der Waals surface area contributed by atoms with Gasteiger partial charge in [-0.25, -0.2) is 0 Å². The highest BCUT2D eigenvalue weighted by Crippen LogP contribution is 2.57. The molecule has 8 aromatic carbocycles. The molecule has 0 saturated carbocycles. The van der Waals surface area contributed by atoms with E-state index < -0.39 is 5.41 Å². The summed E-state index contributed by atoms with van der Waals surface area (Å²) in [6.45, 7) is 4.75. The van der Waals surface area contributed by atoms with E-state index in [2.05, 4.69) is 219 Å². The summed E-state index contributed by atoms with van der Waals surface area (Å²) in [5.74, 6) is 0. The fourth-order valence-corrected chi connectivity index (χ4v) is 9.29. The smallest absolute Gasteiger partial charge is 0.0713 e. The number of nitrogens with zero attached hydrogens (tertiary/aromatic N) is 1. The Kier molecular flexibility index (Phi) is 7.13. The van der Waals surface area contributed by atoms with Crippen LogP contribution in [0.2, 0.25) is 0 Å². The first-order valence-corrected chi connectivity index (χ1v) is 18.6. The number of anilines is 3. The van der Waals surface area contributed by atoms with Crippen molar-refractivity contribution in [3.05, 3.63) is 234 Å². The molecule has 0 fully saturated rings. The molecule has 0 radical (unpaired) electrons. The topological polar surface area (TPSA) is 3.24 Å². The van der Waals surface area contributed by atoms with Crippen LogP contribution in [0.15, 0.2) is 200 Å². The highest BCUT2D eigenvalue weighted by molar-refractivity contribution is 5.91. The van der Waals surface area contributed by atoms with Gasteiger partial charge in [-0.15, -0.1) is 0 Å². The van der Waals surface area contributed by atoms with Gasteiger partial charge < -0.3 is 4.90 Å². The second-order valence-electron chi connectivity index (χ2n) is 14.9. The Hall–Kier alpha value is -6.44. The molecule has 2 aliphatic carbocycles. The first kappa shape index (κ1) is 31.3. The van der Waals surface area contributed by atoms with Gasteiger partial charge in [0.15, 0.2) is 0 Å². The SMILES string of the molecule is CC1(C)c2ccc(N(c3ccccc3)c3ccccc3)cc2-c2ccc(-c3ccc4c(c3)C(c3ccccc3)(c3ccccc3)c3ccccc3-4)cc21. The number of para-hydroxylation sites is 2. The van der Waals surface area contributed by atoms with Gasteiger partial charge in [-0.3, -0.25) is 0 Å². The average molecular weight is 678 g/mol. The largest absolute Gasteiger partial charge is 0.310 e. The van der Waals surface area contributed by atoms with Crippen molar-refractivity contribution in [2.24, 2.45) is 0 Å². The molecule has 0 saturated heterocycles. The van der Waals surface area contributed by atoms with Gasteiger partial charge in [0.05, 0.1) is 5.41 Å². The number of benzene rings is 8. The van der Waals surface area contributed by atoms with Crippen LogP contribution in [0.4, 0.5) is 17.1 Å². The van der Waals surface area contributed by atoms with Gasteiger partial charge in [-0.1, -0.05) is 166 Å². The van der Waals surface area contributed by atoms with Crippen LogP contribution in [-0.4, -0.2) is 0 Å². The van der Waals surface area contributed by atoms with E-state index in [4.69, 9.17) is 0 Å². The fourth-order valence-electron chi connectivity index (χ4n) is 9.29. The Labute approximate surface area is 312 Å². The van der Waals surface area contributed by atoms with Gasteiger partial charge >= 0.3 is 0 Å². The van der Waals surface area contributed by atoms with Gasteiger partial charge in [0.25, 0.3) is 0 Å². The summed E-state index contributed by atoms with van der Waals surface area (Å²) in [6.07, 6.45) is 0. The summed E-state index contributed by atoms with van der Waals surface area (Å²) in [5.41, 5.74) is 18.6. The Balaban J connectivity index is 1.12. The zero-order valence-corrected chi connectivity index (χ0v) is 30.0. The third-order valence-corrected chi connectivity index (χ3v) is 11.7. The van der Waals surface area contributed by atoms with Gasteiger partial charge in [-0.2, -0.15) is 0 Å². The molecule has 0 heterocycles. The molecule has 10 rings (SSSR count). The number of rotatable bonds is 6. The second-order valence-corrected chi connectivity index (χ2v) is 14.9. The molecular weight excluding hydrogens is 639 g/mol. The molecule has 252 valence electrons. The van der Waals surface area contributed by atoms with Crippen LogP contribution in [0.5, 0.6) is 0 Å². The minimum atomic E-state index is -0.420. The van der Waals surface area contributed by atoms with Crippen LogP contribution in [0, 0.1) is 0 Å². The van der Waals surface area contributed by atoms with Gasteiger partial charge in [0, 0.05) is 22.5 Å². The summed E-state index contributed by atoms with van der Waals surface area (Å²) in [5, 5.41) is 0. The van der Waals surface area contributed by atoms with Gasteiger partial charge in [-0.05, 0) is 115 Å². The van der Waals surface area contributed by atoms with Crippen LogP contribution in [0.3, 0.4) is 0 Å². The van der Waals surface area contributed by atoms with Crippen molar-refractivity contribution >= 4 is 17.1 Å². The Morgan fingerprint density at radius 1 is 0.321 bits per heavy atom. The third-order valence-electron chi connectivity index (χ3n) is 11.7. The van der Waals surface area contributed by atoms with Crippen LogP contribution >= 0.6 is 0 Å². The molecular formula is C52H39N. The number of fused-ring (bicyclic) bond motifs is 6. The molecule has 0 spiro atoms. The van der Waals surface area contributed by atoms with Gasteiger partial charge in [0.2, 0.25) is 0 Å². The summed E-state index contributed by atoms with van der Waals surface area (Å²) >= 11 is 0. The molecule has 0 unspecified atom stereocenters. The molecule has 1 heteroatoms. The minimum absolute atomic E-state index is 0.145. The molecule has 0 atom stereocenters. The Morgan fingerprint density at radius 2 is 0.792 bits per heavy atom. The Bertz CT molecular complexity index is 2540. The summed E-state index contributed by atoms with van der Waals surface area (Å²) in [4.78, 5) is 2.36. The van der Waals surface area contributed by atoms with E-state index in [1.54, 1.807) is 0 Å². The van der Waals surface area contributed by atoms with Crippen LogP contribution in [-0.2, 0) is 10.8 Å². The molecule has 0 bridgehead atoms. The molecule has 0 aromatic heterocycles. The lowest BCUT2D eigenvalue weighted by atomic mass is 9.67. The minimum Gasteiger partial charge on any atom is -0.310 e. The molecule has 0 N–H and O–H groups in total. The van der Waals surface area contributed by atoms with Crippen molar-refractivity contribution in [1.82, 2.24) is 0 Å². The monoisotopic (exact) mass is 677 g/mol. The molecule has 53 heavy (non-hydrogen) atoms. The second kappa shape index (κ2) is 12.1. The standard InChI is InChI=1S/C52H39N/c1-51(2)47-32-29-42(53(40-21-11-5-12-22-40)41-23-13-6-14-24-41)35-46(47)45-31-28-36(33-49(45)51)37-27-30-44-43-25-15-16-26-48(43)52(50(44)34-37,38-17-7-3-8-18-38)39-19-9-4-10-20-39/h3-35H,1-2H3. The van der Waals surface area contributed by atoms with E-state index in [-0.39, 0.29) is 5.41 Å². The summed E-state index contributed by atoms with van der Waals surface area (Å²) in [7, 11) is 0. The average Bonchev–Trinajstić information content (AvgIpc) is 3.64. The van der Waals surface area contributed by atoms with E-state index >= 15 is 0 Å².